The molecule has 106 valence electrons. The summed E-state index contributed by atoms with van der Waals surface area (Å²) in [6, 6.07) is 3.35. The van der Waals surface area contributed by atoms with Crippen LogP contribution >= 0.6 is 0 Å². The zero-order chi connectivity index (χ0) is 13.7. The summed E-state index contributed by atoms with van der Waals surface area (Å²) in [7, 11) is 3.19. The first kappa shape index (κ1) is 14.3. The molecule has 1 heterocycles. The van der Waals surface area contributed by atoms with Crippen molar-refractivity contribution < 1.29 is 13.9 Å². The molecule has 0 bridgehead atoms. The van der Waals surface area contributed by atoms with Crippen LogP contribution in [0.4, 0.5) is 4.39 Å². The molecule has 1 saturated heterocycles. The molecule has 0 spiro atoms. The number of hydrogen-bond donors (Lipinski definition) is 1. The normalized spacial score (nSPS) is 19.4. The fraction of sp³-hybridized carbons (Fsp3) is 0.600. The molecule has 0 aromatic heterocycles. The van der Waals surface area contributed by atoms with Gasteiger partial charge in [-0.15, -0.1) is 0 Å². The number of rotatable bonds is 5. The second-order valence-corrected chi connectivity index (χ2v) is 5.10. The fourth-order valence-corrected chi connectivity index (χ4v) is 2.67. The number of piperidine rings is 1. The zero-order valence-corrected chi connectivity index (χ0v) is 11.7. The number of ether oxygens (including phenoxy) is 2. The Morgan fingerprint density at radius 1 is 1.32 bits per heavy atom. The van der Waals surface area contributed by atoms with Gasteiger partial charge in [0.1, 0.15) is 11.6 Å². The molecule has 1 aliphatic rings. The fourth-order valence-electron chi connectivity index (χ4n) is 2.67. The van der Waals surface area contributed by atoms with Gasteiger partial charge in [-0.1, -0.05) is 0 Å². The summed E-state index contributed by atoms with van der Waals surface area (Å²) in [6.07, 6.45) is 3.12. The van der Waals surface area contributed by atoms with Gasteiger partial charge in [-0.3, -0.25) is 0 Å². The van der Waals surface area contributed by atoms with E-state index in [1.165, 1.54) is 12.5 Å². The number of halogens is 1. The van der Waals surface area contributed by atoms with Gasteiger partial charge in [0.05, 0.1) is 13.7 Å². The molecule has 2 rings (SSSR count). The van der Waals surface area contributed by atoms with Gasteiger partial charge in [0.2, 0.25) is 0 Å². The van der Waals surface area contributed by atoms with Crippen LogP contribution in [-0.2, 0) is 17.8 Å². The zero-order valence-electron chi connectivity index (χ0n) is 11.7. The topological polar surface area (TPSA) is 30.5 Å². The van der Waals surface area contributed by atoms with Crippen molar-refractivity contribution in [3.8, 4) is 5.75 Å². The highest BCUT2D eigenvalue weighted by atomic mass is 19.1. The van der Waals surface area contributed by atoms with Gasteiger partial charge in [0.25, 0.3) is 0 Å². The van der Waals surface area contributed by atoms with Crippen molar-refractivity contribution in [2.45, 2.75) is 25.9 Å². The van der Waals surface area contributed by atoms with Gasteiger partial charge < -0.3 is 14.8 Å². The Morgan fingerprint density at radius 2 is 2.16 bits per heavy atom. The van der Waals surface area contributed by atoms with Crippen LogP contribution in [0.1, 0.15) is 24.0 Å². The van der Waals surface area contributed by atoms with E-state index in [1.807, 2.05) is 6.07 Å². The van der Waals surface area contributed by atoms with E-state index >= 15 is 0 Å². The molecular weight excluding hydrogens is 245 g/mol. The third-order valence-corrected chi connectivity index (χ3v) is 3.66. The predicted octanol–water partition coefficient (Wildman–Crippen LogP) is 2.52. The second kappa shape index (κ2) is 6.87. The summed E-state index contributed by atoms with van der Waals surface area (Å²) in [5.74, 6) is 0.902. The molecule has 19 heavy (non-hydrogen) atoms. The van der Waals surface area contributed by atoms with Crippen LogP contribution in [0.2, 0.25) is 0 Å². The highest BCUT2D eigenvalue weighted by Gasteiger charge is 2.17. The van der Waals surface area contributed by atoms with Gasteiger partial charge >= 0.3 is 0 Å². The summed E-state index contributed by atoms with van der Waals surface area (Å²) in [6.45, 7) is 2.50. The molecule has 3 nitrogen and oxygen atoms in total. The van der Waals surface area contributed by atoms with E-state index in [1.54, 1.807) is 14.2 Å². The van der Waals surface area contributed by atoms with Crippen LogP contribution in [0.5, 0.6) is 5.75 Å². The third-order valence-electron chi connectivity index (χ3n) is 3.66. The van der Waals surface area contributed by atoms with Gasteiger partial charge in [-0.25, -0.2) is 4.39 Å². The number of benzene rings is 1. The van der Waals surface area contributed by atoms with Crippen LogP contribution < -0.4 is 10.1 Å². The number of nitrogens with one attached hydrogen (secondary N) is 1. The summed E-state index contributed by atoms with van der Waals surface area (Å²) in [5, 5.41) is 3.37. The average molecular weight is 267 g/mol. The van der Waals surface area contributed by atoms with Crippen LogP contribution in [0.3, 0.4) is 0 Å². The molecule has 1 atom stereocenters. The largest absolute Gasteiger partial charge is 0.496 e. The lowest BCUT2D eigenvalue weighted by Gasteiger charge is -2.23. The quantitative estimate of drug-likeness (QED) is 0.889. The Bertz CT molecular complexity index is 417. The standard InChI is InChI=1S/C15H22FNO2/c1-18-10-13-7-12(14(16)8-15(13)19-2)6-11-4-3-5-17-9-11/h7-8,11,17H,3-6,9-10H2,1-2H3. The van der Waals surface area contributed by atoms with E-state index in [4.69, 9.17) is 9.47 Å². The molecule has 4 heteroatoms. The molecule has 1 aliphatic heterocycles. The number of hydrogen-bond acceptors (Lipinski definition) is 3. The average Bonchev–Trinajstić information content (AvgIpc) is 2.43. The summed E-state index contributed by atoms with van der Waals surface area (Å²) < 4.78 is 24.4. The molecule has 0 amide bonds. The lowest BCUT2D eigenvalue weighted by Crippen LogP contribution is -2.31. The number of methoxy groups -OCH3 is 2. The van der Waals surface area contributed by atoms with Crippen LogP contribution in [0, 0.1) is 11.7 Å². The summed E-state index contributed by atoms with van der Waals surface area (Å²) >= 11 is 0. The molecule has 1 unspecified atom stereocenters. The van der Waals surface area contributed by atoms with E-state index in [0.717, 1.165) is 37.1 Å². The van der Waals surface area contributed by atoms with Crippen molar-refractivity contribution in [1.82, 2.24) is 5.32 Å². The van der Waals surface area contributed by atoms with Crippen LogP contribution in [0.15, 0.2) is 12.1 Å². The maximum Gasteiger partial charge on any atom is 0.130 e. The first-order chi connectivity index (χ1) is 9.24. The van der Waals surface area contributed by atoms with Gasteiger partial charge in [-0.2, -0.15) is 0 Å². The SMILES string of the molecule is COCc1cc(CC2CCCNC2)c(F)cc1OC. The lowest BCUT2D eigenvalue weighted by atomic mass is 9.91. The minimum atomic E-state index is -0.178. The first-order valence-corrected chi connectivity index (χ1v) is 6.79. The second-order valence-electron chi connectivity index (χ2n) is 5.10. The summed E-state index contributed by atoms with van der Waals surface area (Å²) in [5.41, 5.74) is 1.67. The Labute approximate surface area is 114 Å². The molecule has 1 N–H and O–H groups in total. The highest BCUT2D eigenvalue weighted by molar-refractivity contribution is 5.38. The van der Waals surface area contributed by atoms with Crippen molar-refractivity contribution in [3.63, 3.8) is 0 Å². The molecule has 0 radical (unpaired) electrons. The maximum atomic E-state index is 14.1. The van der Waals surface area contributed by atoms with Crippen LogP contribution in [-0.4, -0.2) is 27.3 Å². The van der Waals surface area contributed by atoms with E-state index in [2.05, 4.69) is 5.32 Å². The third kappa shape index (κ3) is 3.67. The van der Waals surface area contributed by atoms with Crippen molar-refractivity contribution in [2.24, 2.45) is 5.92 Å². The van der Waals surface area contributed by atoms with Crippen molar-refractivity contribution in [2.75, 3.05) is 27.3 Å². The Hall–Kier alpha value is -1.13. The highest BCUT2D eigenvalue weighted by Crippen LogP contribution is 2.26. The van der Waals surface area contributed by atoms with Crippen LogP contribution in [0.25, 0.3) is 0 Å². The lowest BCUT2D eigenvalue weighted by molar-refractivity contribution is 0.181. The molecule has 1 aromatic rings. The summed E-state index contributed by atoms with van der Waals surface area (Å²) in [4.78, 5) is 0. The van der Waals surface area contributed by atoms with Gasteiger partial charge in [0.15, 0.2) is 0 Å². The minimum Gasteiger partial charge on any atom is -0.496 e. The van der Waals surface area contributed by atoms with Crippen molar-refractivity contribution >= 4 is 0 Å². The maximum absolute atomic E-state index is 14.1. The monoisotopic (exact) mass is 267 g/mol. The Kier molecular flexibility index (Phi) is 5.16. The van der Waals surface area contributed by atoms with Crippen molar-refractivity contribution in [3.05, 3.63) is 29.1 Å². The Balaban J connectivity index is 2.16. The smallest absolute Gasteiger partial charge is 0.130 e. The van der Waals surface area contributed by atoms with E-state index in [-0.39, 0.29) is 5.82 Å². The molecular formula is C15H22FNO2. The molecule has 1 fully saturated rings. The first-order valence-electron chi connectivity index (χ1n) is 6.79. The minimum absolute atomic E-state index is 0.178. The van der Waals surface area contributed by atoms with Crippen molar-refractivity contribution in [1.29, 1.82) is 0 Å². The van der Waals surface area contributed by atoms with Gasteiger partial charge in [0, 0.05) is 18.7 Å². The van der Waals surface area contributed by atoms with E-state index in [9.17, 15) is 4.39 Å². The molecule has 1 aromatic carbocycles. The molecule has 0 aliphatic carbocycles. The Morgan fingerprint density at radius 3 is 2.79 bits per heavy atom. The molecule has 0 saturated carbocycles. The predicted molar refractivity (Wildman–Crippen MR) is 73.0 cm³/mol. The van der Waals surface area contributed by atoms with Gasteiger partial charge in [-0.05, 0) is 49.9 Å². The van der Waals surface area contributed by atoms with E-state index < -0.39 is 0 Å². The van der Waals surface area contributed by atoms with E-state index in [0.29, 0.717) is 18.3 Å².